The lowest BCUT2D eigenvalue weighted by atomic mass is 10.1. The van der Waals surface area contributed by atoms with Gasteiger partial charge in [-0.3, -0.25) is 9.69 Å². The first-order valence-corrected chi connectivity index (χ1v) is 10.2. The zero-order valence-corrected chi connectivity index (χ0v) is 17.3. The van der Waals surface area contributed by atoms with Gasteiger partial charge in [-0.25, -0.2) is 4.39 Å². The normalized spacial score (nSPS) is 15.3. The lowest BCUT2D eigenvalue weighted by Crippen LogP contribution is -2.48. The second-order valence-electron chi connectivity index (χ2n) is 7.64. The van der Waals surface area contributed by atoms with E-state index in [1.807, 2.05) is 0 Å². The van der Waals surface area contributed by atoms with Crippen LogP contribution in [0.3, 0.4) is 0 Å². The number of nitrogens with one attached hydrogen (secondary N) is 1. The molecule has 1 amide bonds. The van der Waals surface area contributed by atoms with Crippen molar-refractivity contribution in [2.45, 2.75) is 20.3 Å². The fraction of sp³-hybridized carbons (Fsp3) is 0.435. The third kappa shape index (κ3) is 6.84. The Hall–Kier alpha value is -2.44. The molecule has 1 aliphatic heterocycles. The number of anilines is 1. The molecule has 3 rings (SSSR count). The van der Waals surface area contributed by atoms with Gasteiger partial charge < -0.3 is 15.0 Å². The second kappa shape index (κ2) is 10.4. The number of aryl methyl sites for hydroxylation is 2. The molecule has 0 aromatic heterocycles. The van der Waals surface area contributed by atoms with Gasteiger partial charge in [0.1, 0.15) is 11.6 Å². The van der Waals surface area contributed by atoms with E-state index in [9.17, 15) is 9.18 Å². The Kier molecular flexibility index (Phi) is 7.61. The van der Waals surface area contributed by atoms with Crippen LogP contribution in [0, 0.1) is 19.7 Å². The van der Waals surface area contributed by atoms with Crippen LogP contribution in [0.5, 0.6) is 5.75 Å². The van der Waals surface area contributed by atoms with Gasteiger partial charge in [-0.15, -0.1) is 0 Å². The number of hydrogen-bond donors (Lipinski definition) is 1. The second-order valence-corrected chi connectivity index (χ2v) is 7.64. The van der Waals surface area contributed by atoms with Crippen molar-refractivity contribution in [2.24, 2.45) is 0 Å². The molecule has 0 bridgehead atoms. The van der Waals surface area contributed by atoms with Crippen LogP contribution in [0.15, 0.2) is 42.5 Å². The first-order chi connectivity index (χ1) is 14.0. The number of benzene rings is 2. The minimum Gasteiger partial charge on any atom is -0.493 e. The summed E-state index contributed by atoms with van der Waals surface area (Å²) < 4.78 is 18.9. The van der Waals surface area contributed by atoms with Crippen molar-refractivity contribution in [2.75, 3.05) is 51.2 Å². The molecule has 1 fully saturated rings. The fourth-order valence-electron chi connectivity index (χ4n) is 3.44. The summed E-state index contributed by atoms with van der Waals surface area (Å²) in [6, 6.07) is 12.1. The molecule has 0 radical (unpaired) electrons. The van der Waals surface area contributed by atoms with Crippen LogP contribution in [0.2, 0.25) is 0 Å². The Morgan fingerprint density at radius 3 is 2.45 bits per heavy atom. The van der Waals surface area contributed by atoms with Crippen LogP contribution in [-0.2, 0) is 4.79 Å². The smallest absolute Gasteiger partial charge is 0.238 e. The highest BCUT2D eigenvalue weighted by Gasteiger charge is 2.18. The molecule has 0 aliphatic carbocycles. The van der Waals surface area contributed by atoms with Gasteiger partial charge in [-0.1, -0.05) is 12.1 Å². The third-order valence-electron chi connectivity index (χ3n) is 5.18. The van der Waals surface area contributed by atoms with Crippen LogP contribution < -0.4 is 10.1 Å². The number of piperazine rings is 1. The minimum absolute atomic E-state index is 0.0630. The lowest BCUT2D eigenvalue weighted by molar-refractivity contribution is -0.117. The van der Waals surface area contributed by atoms with Crippen LogP contribution in [0.4, 0.5) is 10.1 Å². The monoisotopic (exact) mass is 399 g/mol. The van der Waals surface area contributed by atoms with E-state index in [1.54, 1.807) is 12.1 Å². The average Bonchev–Trinajstić information content (AvgIpc) is 2.71. The van der Waals surface area contributed by atoms with Crippen LogP contribution in [0.25, 0.3) is 0 Å². The summed E-state index contributed by atoms with van der Waals surface area (Å²) in [7, 11) is 0. The van der Waals surface area contributed by atoms with Crippen LogP contribution in [0.1, 0.15) is 17.5 Å². The molecule has 0 unspecified atom stereocenters. The van der Waals surface area contributed by atoms with E-state index in [0.717, 1.165) is 44.9 Å². The Bertz CT molecular complexity index is 802. The highest BCUT2D eigenvalue weighted by molar-refractivity contribution is 5.92. The maximum absolute atomic E-state index is 12.9. The molecule has 0 spiro atoms. The predicted octanol–water partition coefficient (Wildman–Crippen LogP) is 3.47. The van der Waals surface area contributed by atoms with Crippen molar-refractivity contribution in [3.05, 3.63) is 59.4 Å². The summed E-state index contributed by atoms with van der Waals surface area (Å²) in [5, 5.41) is 2.82. The van der Waals surface area contributed by atoms with Crippen molar-refractivity contribution in [3.8, 4) is 5.75 Å². The van der Waals surface area contributed by atoms with Crippen molar-refractivity contribution in [1.82, 2.24) is 9.80 Å². The first-order valence-electron chi connectivity index (χ1n) is 10.2. The fourth-order valence-corrected chi connectivity index (χ4v) is 3.44. The van der Waals surface area contributed by atoms with Crippen molar-refractivity contribution < 1.29 is 13.9 Å². The SMILES string of the molecule is Cc1ccc(C)c(OCCCN2CCN(CC(=O)Nc3ccc(F)cc3)CC2)c1. The number of ether oxygens (including phenoxy) is 1. The Morgan fingerprint density at radius 2 is 1.72 bits per heavy atom. The van der Waals surface area contributed by atoms with Gasteiger partial charge in [-0.05, 0) is 61.7 Å². The summed E-state index contributed by atoms with van der Waals surface area (Å²) in [5.74, 6) is 0.604. The standard InChI is InChI=1S/C23H30FN3O2/c1-18-4-5-19(2)22(16-18)29-15-3-10-26-11-13-27(14-12-26)17-23(28)25-21-8-6-20(24)7-9-21/h4-9,16H,3,10-15,17H2,1-2H3,(H,25,28). The van der Waals surface area contributed by atoms with E-state index in [0.29, 0.717) is 18.8 Å². The van der Waals surface area contributed by atoms with Gasteiger partial charge in [0, 0.05) is 38.4 Å². The summed E-state index contributed by atoms with van der Waals surface area (Å²) in [6.07, 6.45) is 0.985. The van der Waals surface area contributed by atoms with E-state index in [1.165, 1.54) is 23.3 Å². The molecule has 6 heteroatoms. The summed E-state index contributed by atoms with van der Waals surface area (Å²) in [4.78, 5) is 16.7. The molecule has 0 atom stereocenters. The van der Waals surface area contributed by atoms with Crippen LogP contribution in [-0.4, -0.2) is 61.6 Å². The van der Waals surface area contributed by atoms with E-state index >= 15 is 0 Å². The number of hydrogen-bond acceptors (Lipinski definition) is 4. The summed E-state index contributed by atoms with van der Waals surface area (Å²) in [5.41, 5.74) is 3.01. The number of amides is 1. The lowest BCUT2D eigenvalue weighted by Gasteiger charge is -2.34. The van der Waals surface area contributed by atoms with Gasteiger partial charge in [0.25, 0.3) is 0 Å². The predicted molar refractivity (Wildman–Crippen MR) is 114 cm³/mol. The highest BCUT2D eigenvalue weighted by atomic mass is 19.1. The molecule has 1 heterocycles. The Balaban J connectivity index is 1.31. The minimum atomic E-state index is -0.307. The molecule has 2 aromatic rings. The number of rotatable bonds is 8. The zero-order chi connectivity index (χ0) is 20.6. The molecule has 5 nitrogen and oxygen atoms in total. The average molecular weight is 400 g/mol. The molecular formula is C23H30FN3O2. The van der Waals surface area contributed by atoms with Gasteiger partial charge in [0.15, 0.2) is 0 Å². The van der Waals surface area contributed by atoms with Gasteiger partial charge in [-0.2, -0.15) is 0 Å². The van der Waals surface area contributed by atoms with E-state index in [2.05, 4.69) is 47.2 Å². The number of halogens is 1. The van der Waals surface area contributed by atoms with Crippen molar-refractivity contribution in [1.29, 1.82) is 0 Å². The maximum Gasteiger partial charge on any atom is 0.238 e. The highest BCUT2D eigenvalue weighted by Crippen LogP contribution is 2.19. The molecule has 1 N–H and O–H groups in total. The molecular weight excluding hydrogens is 369 g/mol. The summed E-state index contributed by atoms with van der Waals surface area (Å²) >= 11 is 0. The van der Waals surface area contributed by atoms with Gasteiger partial charge in [0.05, 0.1) is 13.2 Å². The molecule has 156 valence electrons. The Labute approximate surface area is 172 Å². The number of nitrogens with zero attached hydrogens (tertiary/aromatic N) is 2. The topological polar surface area (TPSA) is 44.8 Å². The summed E-state index contributed by atoms with van der Waals surface area (Å²) in [6.45, 7) is 9.86. The van der Waals surface area contributed by atoms with Crippen molar-refractivity contribution in [3.63, 3.8) is 0 Å². The Morgan fingerprint density at radius 1 is 1.03 bits per heavy atom. The first kappa shape index (κ1) is 21.3. The quantitative estimate of drug-likeness (QED) is 0.691. The van der Waals surface area contributed by atoms with Crippen LogP contribution >= 0.6 is 0 Å². The number of carbonyl (C=O) groups excluding carboxylic acids is 1. The number of carbonyl (C=O) groups is 1. The largest absolute Gasteiger partial charge is 0.493 e. The molecule has 29 heavy (non-hydrogen) atoms. The van der Waals surface area contributed by atoms with Crippen molar-refractivity contribution >= 4 is 11.6 Å². The molecule has 1 saturated heterocycles. The molecule has 2 aromatic carbocycles. The van der Waals surface area contributed by atoms with E-state index in [4.69, 9.17) is 4.74 Å². The van der Waals surface area contributed by atoms with E-state index < -0.39 is 0 Å². The zero-order valence-electron chi connectivity index (χ0n) is 17.3. The molecule has 1 aliphatic rings. The van der Waals surface area contributed by atoms with E-state index in [-0.39, 0.29) is 11.7 Å². The van der Waals surface area contributed by atoms with Gasteiger partial charge >= 0.3 is 0 Å². The third-order valence-corrected chi connectivity index (χ3v) is 5.18. The van der Waals surface area contributed by atoms with Gasteiger partial charge in [0.2, 0.25) is 5.91 Å². The maximum atomic E-state index is 12.9. The molecule has 0 saturated carbocycles.